The van der Waals surface area contributed by atoms with Crippen molar-refractivity contribution in [3.63, 3.8) is 0 Å². The topological polar surface area (TPSA) is 66.8 Å². The molecule has 0 saturated carbocycles. The summed E-state index contributed by atoms with van der Waals surface area (Å²) in [5, 5.41) is 19.2. The molecule has 88 valence electrons. The Balaban J connectivity index is 2.95. The molecule has 2 N–H and O–H groups in total. The van der Waals surface area contributed by atoms with Crippen molar-refractivity contribution in [2.45, 2.75) is 12.2 Å². The Morgan fingerprint density at radius 1 is 1.25 bits per heavy atom. The fourth-order valence-electron chi connectivity index (χ4n) is 1.18. The summed E-state index contributed by atoms with van der Waals surface area (Å²) in [5.74, 6) is -0.872. The number of methoxy groups -OCH3 is 1. The monoisotopic (exact) mass is 352 g/mol. The fourth-order valence-corrected chi connectivity index (χ4v) is 2.51. The van der Waals surface area contributed by atoms with Gasteiger partial charge in [-0.3, -0.25) is 0 Å². The maximum atomic E-state index is 11.0. The Hall–Kier alpha value is -0.430. The number of halogens is 2. The molecule has 0 radical (unpaired) electrons. The van der Waals surface area contributed by atoms with Crippen LogP contribution in [-0.4, -0.2) is 29.4 Å². The van der Waals surface area contributed by atoms with E-state index < -0.39 is 18.2 Å². The van der Waals surface area contributed by atoms with Crippen LogP contribution in [0.25, 0.3) is 0 Å². The van der Waals surface area contributed by atoms with Crippen LogP contribution >= 0.6 is 31.9 Å². The minimum Gasteiger partial charge on any atom is -0.467 e. The van der Waals surface area contributed by atoms with Crippen LogP contribution in [0.3, 0.4) is 0 Å². The van der Waals surface area contributed by atoms with Crippen molar-refractivity contribution in [1.29, 1.82) is 0 Å². The van der Waals surface area contributed by atoms with Gasteiger partial charge in [0.25, 0.3) is 0 Å². The number of ether oxygens (including phenoxy) is 1. The number of hydrogen-bond donors (Lipinski definition) is 2. The highest BCUT2D eigenvalue weighted by Gasteiger charge is 2.26. The number of aliphatic hydroxyl groups is 2. The van der Waals surface area contributed by atoms with Crippen molar-refractivity contribution in [1.82, 2.24) is 0 Å². The van der Waals surface area contributed by atoms with Crippen molar-refractivity contribution in [3.05, 3.63) is 32.7 Å². The molecule has 0 fully saturated rings. The maximum absolute atomic E-state index is 11.0. The molecule has 6 heteroatoms. The third kappa shape index (κ3) is 3.28. The van der Waals surface area contributed by atoms with Crippen LogP contribution < -0.4 is 0 Å². The molecule has 16 heavy (non-hydrogen) atoms. The third-order valence-electron chi connectivity index (χ3n) is 1.97. The SMILES string of the molecule is COC(=O)C(O)C(O)c1cc(Br)cc(Br)c1. The summed E-state index contributed by atoms with van der Waals surface area (Å²) in [6.07, 6.45) is -2.91. The summed E-state index contributed by atoms with van der Waals surface area (Å²) in [4.78, 5) is 11.0. The zero-order valence-electron chi connectivity index (χ0n) is 8.35. The van der Waals surface area contributed by atoms with E-state index in [0.717, 1.165) is 16.1 Å². The predicted octanol–water partition coefficient (Wildman–Crippen LogP) is 1.78. The molecule has 0 heterocycles. The van der Waals surface area contributed by atoms with E-state index in [4.69, 9.17) is 0 Å². The van der Waals surface area contributed by atoms with E-state index in [1.807, 2.05) is 0 Å². The van der Waals surface area contributed by atoms with E-state index in [9.17, 15) is 15.0 Å². The number of esters is 1. The largest absolute Gasteiger partial charge is 0.467 e. The molecule has 0 saturated heterocycles. The lowest BCUT2D eigenvalue weighted by Gasteiger charge is -2.16. The first-order valence-electron chi connectivity index (χ1n) is 4.35. The molecule has 1 aromatic carbocycles. The van der Waals surface area contributed by atoms with Crippen LogP contribution in [-0.2, 0) is 9.53 Å². The van der Waals surface area contributed by atoms with Gasteiger partial charge in [0.15, 0.2) is 6.10 Å². The quantitative estimate of drug-likeness (QED) is 0.813. The second-order valence-electron chi connectivity index (χ2n) is 3.12. The normalized spacial score (nSPS) is 14.3. The van der Waals surface area contributed by atoms with Crippen molar-refractivity contribution in [2.24, 2.45) is 0 Å². The molecule has 0 aliphatic heterocycles. The highest BCUT2D eigenvalue weighted by molar-refractivity contribution is 9.11. The Kier molecular flexibility index (Phi) is 4.91. The zero-order chi connectivity index (χ0) is 12.3. The van der Waals surface area contributed by atoms with E-state index in [-0.39, 0.29) is 0 Å². The standard InChI is InChI=1S/C10H10Br2O4/c1-16-10(15)9(14)8(13)5-2-6(11)4-7(12)3-5/h2-4,8-9,13-14H,1H3. The van der Waals surface area contributed by atoms with Crippen LogP contribution in [0.2, 0.25) is 0 Å². The summed E-state index contributed by atoms with van der Waals surface area (Å²) >= 11 is 6.49. The second kappa shape index (κ2) is 5.77. The molecule has 1 rings (SSSR count). The maximum Gasteiger partial charge on any atom is 0.337 e. The van der Waals surface area contributed by atoms with E-state index in [1.54, 1.807) is 18.2 Å². The molecule has 0 bridgehead atoms. The van der Waals surface area contributed by atoms with E-state index in [1.165, 1.54) is 0 Å². The summed E-state index contributed by atoms with van der Waals surface area (Å²) in [6, 6.07) is 5.00. The van der Waals surface area contributed by atoms with E-state index in [2.05, 4.69) is 36.6 Å². The van der Waals surface area contributed by atoms with Gasteiger partial charge in [0.05, 0.1) is 7.11 Å². The Morgan fingerprint density at radius 2 is 1.75 bits per heavy atom. The molecular formula is C10H10Br2O4. The van der Waals surface area contributed by atoms with Gasteiger partial charge in [-0.15, -0.1) is 0 Å². The van der Waals surface area contributed by atoms with Gasteiger partial charge in [-0.1, -0.05) is 31.9 Å². The van der Waals surface area contributed by atoms with Crippen molar-refractivity contribution in [2.75, 3.05) is 7.11 Å². The van der Waals surface area contributed by atoms with Gasteiger partial charge < -0.3 is 14.9 Å². The number of carbonyl (C=O) groups excluding carboxylic acids is 1. The molecule has 0 spiro atoms. The summed E-state index contributed by atoms with van der Waals surface area (Å²) in [7, 11) is 1.15. The van der Waals surface area contributed by atoms with Gasteiger partial charge in [0, 0.05) is 8.95 Å². The number of benzene rings is 1. The summed E-state index contributed by atoms with van der Waals surface area (Å²) in [6.45, 7) is 0. The van der Waals surface area contributed by atoms with Crippen molar-refractivity contribution >= 4 is 37.8 Å². The van der Waals surface area contributed by atoms with E-state index >= 15 is 0 Å². The number of rotatable bonds is 3. The van der Waals surface area contributed by atoms with Crippen LogP contribution in [0.5, 0.6) is 0 Å². The van der Waals surface area contributed by atoms with Crippen molar-refractivity contribution < 1.29 is 19.7 Å². The fraction of sp³-hybridized carbons (Fsp3) is 0.300. The summed E-state index contributed by atoms with van der Waals surface area (Å²) < 4.78 is 5.80. The highest BCUT2D eigenvalue weighted by atomic mass is 79.9. The van der Waals surface area contributed by atoms with Crippen LogP contribution in [0.1, 0.15) is 11.7 Å². The average molecular weight is 354 g/mol. The highest BCUT2D eigenvalue weighted by Crippen LogP contribution is 2.26. The third-order valence-corrected chi connectivity index (χ3v) is 2.88. The first-order chi connectivity index (χ1) is 7.45. The van der Waals surface area contributed by atoms with E-state index in [0.29, 0.717) is 5.56 Å². The average Bonchev–Trinajstić information content (AvgIpc) is 2.24. The predicted molar refractivity (Wildman–Crippen MR) is 64.8 cm³/mol. The molecule has 0 aromatic heterocycles. The number of hydrogen-bond acceptors (Lipinski definition) is 4. The van der Waals surface area contributed by atoms with Gasteiger partial charge in [0.2, 0.25) is 0 Å². The molecule has 2 atom stereocenters. The molecule has 0 aliphatic rings. The lowest BCUT2D eigenvalue weighted by molar-refractivity contribution is -0.156. The first kappa shape index (κ1) is 13.6. The van der Waals surface area contributed by atoms with Crippen LogP contribution in [0.4, 0.5) is 0 Å². The Labute approximate surface area is 109 Å². The van der Waals surface area contributed by atoms with Gasteiger partial charge in [-0.05, 0) is 23.8 Å². The van der Waals surface area contributed by atoms with Gasteiger partial charge in [-0.25, -0.2) is 4.79 Å². The minimum absolute atomic E-state index is 0.416. The Bertz CT molecular complexity index is 374. The second-order valence-corrected chi connectivity index (χ2v) is 4.95. The van der Waals surface area contributed by atoms with Gasteiger partial charge >= 0.3 is 5.97 Å². The van der Waals surface area contributed by atoms with Gasteiger partial charge in [0.1, 0.15) is 6.10 Å². The molecule has 0 amide bonds. The zero-order valence-corrected chi connectivity index (χ0v) is 11.5. The van der Waals surface area contributed by atoms with Crippen molar-refractivity contribution in [3.8, 4) is 0 Å². The summed E-state index contributed by atoms with van der Waals surface area (Å²) in [5.41, 5.74) is 0.416. The van der Waals surface area contributed by atoms with Gasteiger partial charge in [-0.2, -0.15) is 0 Å². The van der Waals surface area contributed by atoms with Crippen LogP contribution in [0.15, 0.2) is 27.1 Å². The lowest BCUT2D eigenvalue weighted by Crippen LogP contribution is -2.29. The number of aliphatic hydroxyl groups excluding tert-OH is 2. The minimum atomic E-state index is -1.59. The number of carbonyl (C=O) groups is 1. The molecular weight excluding hydrogens is 344 g/mol. The van der Waals surface area contributed by atoms with Crippen LogP contribution in [0, 0.1) is 0 Å². The molecule has 1 aromatic rings. The Morgan fingerprint density at radius 3 is 2.19 bits per heavy atom. The molecule has 4 nitrogen and oxygen atoms in total. The smallest absolute Gasteiger partial charge is 0.337 e. The molecule has 2 unspecified atom stereocenters. The lowest BCUT2D eigenvalue weighted by atomic mass is 10.0. The first-order valence-corrected chi connectivity index (χ1v) is 5.94. The molecule has 0 aliphatic carbocycles.